The van der Waals surface area contributed by atoms with Crippen LogP contribution in [0.4, 0.5) is 4.39 Å². The van der Waals surface area contributed by atoms with E-state index >= 15 is 0 Å². The van der Waals surface area contributed by atoms with Crippen LogP contribution in [0.15, 0.2) is 39.4 Å². The fourth-order valence-electron chi connectivity index (χ4n) is 2.10. The van der Waals surface area contributed by atoms with E-state index in [1.807, 2.05) is 25.1 Å². The first-order valence-corrected chi connectivity index (χ1v) is 7.11. The van der Waals surface area contributed by atoms with Crippen molar-refractivity contribution in [2.24, 2.45) is 0 Å². The maximum Gasteiger partial charge on any atom is 0.137 e. The second-order valence-electron chi connectivity index (χ2n) is 4.55. The Bertz CT molecular complexity index is 553. The molecule has 1 unspecified atom stereocenters. The van der Waals surface area contributed by atoms with Crippen molar-refractivity contribution in [3.8, 4) is 0 Å². The number of halogens is 2. The van der Waals surface area contributed by atoms with Crippen LogP contribution < -0.4 is 5.32 Å². The van der Waals surface area contributed by atoms with Crippen LogP contribution in [0.2, 0.25) is 0 Å². The van der Waals surface area contributed by atoms with Gasteiger partial charge in [0.25, 0.3) is 0 Å². The molecule has 0 radical (unpaired) electrons. The molecule has 1 N–H and O–H groups in total. The fraction of sp³-hybridized carbons (Fsp3) is 0.333. The molecule has 0 spiro atoms. The SMILES string of the molecule is CCNC(Cc1ccc(F)c(Br)c1)c1coc(C)c1. The number of benzene rings is 1. The zero-order valence-corrected chi connectivity index (χ0v) is 12.6. The molecule has 0 aliphatic carbocycles. The number of nitrogens with one attached hydrogen (secondary N) is 1. The molecule has 0 bridgehead atoms. The number of furan rings is 1. The zero-order valence-electron chi connectivity index (χ0n) is 11.0. The molecule has 2 aromatic rings. The quantitative estimate of drug-likeness (QED) is 0.882. The van der Waals surface area contributed by atoms with Crippen LogP contribution >= 0.6 is 15.9 Å². The van der Waals surface area contributed by atoms with Crippen molar-refractivity contribution in [3.05, 3.63) is 57.7 Å². The Kier molecular flexibility index (Phi) is 4.77. The molecular formula is C15H17BrFNO. The topological polar surface area (TPSA) is 25.2 Å². The minimum absolute atomic E-state index is 0.180. The largest absolute Gasteiger partial charge is 0.469 e. The van der Waals surface area contributed by atoms with Gasteiger partial charge in [0.2, 0.25) is 0 Å². The molecule has 19 heavy (non-hydrogen) atoms. The molecule has 2 nitrogen and oxygen atoms in total. The van der Waals surface area contributed by atoms with Gasteiger partial charge in [0.15, 0.2) is 0 Å². The number of rotatable bonds is 5. The van der Waals surface area contributed by atoms with Crippen LogP contribution in [0.25, 0.3) is 0 Å². The Labute approximate surface area is 121 Å². The zero-order chi connectivity index (χ0) is 13.8. The standard InChI is InChI=1S/C15H17BrFNO/c1-3-18-15(12-6-10(2)19-9-12)8-11-4-5-14(17)13(16)7-11/h4-7,9,15,18H,3,8H2,1-2H3. The first-order chi connectivity index (χ1) is 9.10. The maximum absolute atomic E-state index is 13.2. The summed E-state index contributed by atoms with van der Waals surface area (Å²) >= 11 is 3.22. The van der Waals surface area contributed by atoms with Gasteiger partial charge in [-0.15, -0.1) is 0 Å². The predicted molar refractivity (Wildman–Crippen MR) is 77.7 cm³/mol. The summed E-state index contributed by atoms with van der Waals surface area (Å²) in [4.78, 5) is 0. The van der Waals surface area contributed by atoms with Gasteiger partial charge in [-0.3, -0.25) is 0 Å². The van der Waals surface area contributed by atoms with Gasteiger partial charge in [0.1, 0.15) is 11.6 Å². The van der Waals surface area contributed by atoms with Crippen molar-refractivity contribution in [1.82, 2.24) is 5.32 Å². The third-order valence-electron chi connectivity index (χ3n) is 3.03. The van der Waals surface area contributed by atoms with Crippen molar-refractivity contribution in [3.63, 3.8) is 0 Å². The predicted octanol–water partition coefficient (Wildman–Crippen LogP) is 4.38. The van der Waals surface area contributed by atoms with Crippen LogP contribution in [0.1, 0.15) is 29.9 Å². The second kappa shape index (κ2) is 6.35. The minimum Gasteiger partial charge on any atom is -0.469 e. The van der Waals surface area contributed by atoms with Gasteiger partial charge in [-0.2, -0.15) is 0 Å². The molecule has 1 heterocycles. The van der Waals surface area contributed by atoms with Gasteiger partial charge in [0, 0.05) is 11.6 Å². The molecule has 4 heteroatoms. The summed E-state index contributed by atoms with van der Waals surface area (Å²) < 4.78 is 19.1. The molecule has 1 aromatic carbocycles. The van der Waals surface area contributed by atoms with Crippen molar-refractivity contribution in [2.75, 3.05) is 6.54 Å². The van der Waals surface area contributed by atoms with Gasteiger partial charge in [0.05, 0.1) is 10.7 Å². The van der Waals surface area contributed by atoms with Crippen molar-refractivity contribution < 1.29 is 8.81 Å². The summed E-state index contributed by atoms with van der Waals surface area (Å²) in [6.07, 6.45) is 2.58. The van der Waals surface area contributed by atoms with Gasteiger partial charge in [-0.1, -0.05) is 13.0 Å². The van der Waals surface area contributed by atoms with E-state index in [1.165, 1.54) is 6.07 Å². The number of likely N-dealkylation sites (N-methyl/N-ethyl adjacent to an activating group) is 1. The molecule has 0 saturated carbocycles. The van der Waals surface area contributed by atoms with Gasteiger partial charge in [-0.05, 0) is 59.6 Å². The van der Waals surface area contributed by atoms with Crippen molar-refractivity contribution in [2.45, 2.75) is 26.3 Å². The first-order valence-electron chi connectivity index (χ1n) is 6.32. The molecular weight excluding hydrogens is 309 g/mol. The highest BCUT2D eigenvalue weighted by molar-refractivity contribution is 9.10. The van der Waals surface area contributed by atoms with Crippen LogP contribution in [-0.4, -0.2) is 6.54 Å². The van der Waals surface area contributed by atoms with E-state index < -0.39 is 0 Å². The number of hydrogen-bond donors (Lipinski definition) is 1. The minimum atomic E-state index is -0.233. The summed E-state index contributed by atoms with van der Waals surface area (Å²) in [6.45, 7) is 4.87. The van der Waals surface area contributed by atoms with Crippen LogP contribution in [0.3, 0.4) is 0 Å². The van der Waals surface area contributed by atoms with E-state index in [-0.39, 0.29) is 11.9 Å². The molecule has 2 rings (SSSR count). The van der Waals surface area contributed by atoms with E-state index in [0.29, 0.717) is 4.47 Å². The highest BCUT2D eigenvalue weighted by Crippen LogP contribution is 2.23. The van der Waals surface area contributed by atoms with Crippen molar-refractivity contribution in [1.29, 1.82) is 0 Å². The Morgan fingerprint density at radius 3 is 2.74 bits per heavy atom. The van der Waals surface area contributed by atoms with Crippen LogP contribution in [0, 0.1) is 12.7 Å². The smallest absolute Gasteiger partial charge is 0.137 e. The van der Waals surface area contributed by atoms with Gasteiger partial charge < -0.3 is 9.73 Å². The summed E-state index contributed by atoms with van der Waals surface area (Å²) in [7, 11) is 0. The lowest BCUT2D eigenvalue weighted by Crippen LogP contribution is -2.22. The lowest BCUT2D eigenvalue weighted by atomic mass is 10.0. The molecule has 0 aliphatic rings. The average Bonchev–Trinajstić information content (AvgIpc) is 2.80. The average molecular weight is 326 g/mol. The summed E-state index contributed by atoms with van der Waals surface area (Å²) in [5, 5.41) is 3.43. The Balaban J connectivity index is 2.18. The van der Waals surface area contributed by atoms with E-state index in [0.717, 1.165) is 29.9 Å². The van der Waals surface area contributed by atoms with Crippen LogP contribution in [-0.2, 0) is 6.42 Å². The van der Waals surface area contributed by atoms with Gasteiger partial charge in [-0.25, -0.2) is 4.39 Å². The highest BCUT2D eigenvalue weighted by atomic mass is 79.9. The molecule has 0 aliphatic heterocycles. The van der Waals surface area contributed by atoms with Crippen LogP contribution in [0.5, 0.6) is 0 Å². The monoisotopic (exact) mass is 325 g/mol. The Morgan fingerprint density at radius 1 is 1.37 bits per heavy atom. The van der Waals surface area contributed by atoms with Gasteiger partial charge >= 0.3 is 0 Å². The van der Waals surface area contributed by atoms with E-state index in [2.05, 4.69) is 28.2 Å². The first kappa shape index (κ1) is 14.3. The Hall–Kier alpha value is -1.13. The maximum atomic E-state index is 13.2. The number of aryl methyl sites for hydroxylation is 1. The molecule has 0 fully saturated rings. The molecule has 1 aromatic heterocycles. The number of hydrogen-bond acceptors (Lipinski definition) is 2. The third-order valence-corrected chi connectivity index (χ3v) is 3.64. The molecule has 0 saturated heterocycles. The summed E-state index contributed by atoms with van der Waals surface area (Å²) in [5.41, 5.74) is 2.21. The van der Waals surface area contributed by atoms with E-state index in [9.17, 15) is 4.39 Å². The molecule has 0 amide bonds. The Morgan fingerprint density at radius 2 is 2.16 bits per heavy atom. The van der Waals surface area contributed by atoms with E-state index in [1.54, 1.807) is 6.26 Å². The molecule has 1 atom stereocenters. The lowest BCUT2D eigenvalue weighted by Gasteiger charge is -2.16. The summed E-state index contributed by atoms with van der Waals surface area (Å²) in [5.74, 6) is 0.668. The highest BCUT2D eigenvalue weighted by Gasteiger charge is 2.14. The van der Waals surface area contributed by atoms with E-state index in [4.69, 9.17) is 4.42 Å². The second-order valence-corrected chi connectivity index (χ2v) is 5.41. The summed E-state index contributed by atoms with van der Waals surface area (Å²) in [6, 6.07) is 7.35. The lowest BCUT2D eigenvalue weighted by molar-refractivity contribution is 0.511. The molecule has 102 valence electrons. The fourth-order valence-corrected chi connectivity index (χ4v) is 2.53. The third kappa shape index (κ3) is 3.67. The normalized spacial score (nSPS) is 12.6. The van der Waals surface area contributed by atoms with Crippen molar-refractivity contribution >= 4 is 15.9 Å².